The van der Waals surface area contributed by atoms with Crippen LogP contribution in [0.2, 0.25) is 0 Å². The van der Waals surface area contributed by atoms with Gasteiger partial charge in [0.05, 0.1) is 16.7 Å². The molecule has 8 heteroatoms. The maximum absolute atomic E-state index is 13.7. The lowest BCUT2D eigenvalue weighted by atomic mass is 10.2. The van der Waals surface area contributed by atoms with Crippen LogP contribution in [0.15, 0.2) is 36.4 Å². The minimum absolute atomic E-state index is 0.341. The molecule has 0 spiro atoms. The highest BCUT2D eigenvalue weighted by Crippen LogP contribution is 2.34. The Morgan fingerprint density at radius 1 is 1.08 bits per heavy atom. The number of H-pyrrole nitrogens is 1. The highest BCUT2D eigenvalue weighted by molar-refractivity contribution is 5.83. The van der Waals surface area contributed by atoms with Crippen LogP contribution in [0.3, 0.4) is 0 Å². The van der Waals surface area contributed by atoms with Crippen molar-refractivity contribution in [1.29, 1.82) is 0 Å². The van der Waals surface area contributed by atoms with Gasteiger partial charge in [-0.15, -0.1) is 0 Å². The number of anilines is 2. The summed E-state index contributed by atoms with van der Waals surface area (Å²) in [5.41, 5.74) is 1.90. The third-order valence-electron chi connectivity index (χ3n) is 3.86. The molecule has 4 aromatic rings. The number of nitrogens with one attached hydrogen (secondary N) is 2. The van der Waals surface area contributed by atoms with Gasteiger partial charge in [-0.25, -0.2) is 13.9 Å². The van der Waals surface area contributed by atoms with Crippen LogP contribution in [0.25, 0.3) is 16.8 Å². The minimum Gasteiger partial charge on any atom is -0.486 e. The molecule has 2 aromatic carbocycles. The van der Waals surface area contributed by atoms with Gasteiger partial charge in [-0.3, -0.25) is 5.10 Å². The molecule has 0 fully saturated rings. The van der Waals surface area contributed by atoms with Crippen LogP contribution in [-0.2, 0) is 0 Å². The summed E-state index contributed by atoms with van der Waals surface area (Å²) in [5, 5.41) is 5.99. The van der Waals surface area contributed by atoms with E-state index in [0.717, 1.165) is 11.0 Å². The van der Waals surface area contributed by atoms with Crippen molar-refractivity contribution >= 4 is 28.4 Å². The quantitative estimate of drug-likeness (QED) is 0.593. The molecular formula is C16H12FN5O2. The van der Waals surface area contributed by atoms with Crippen molar-refractivity contribution in [3.63, 3.8) is 0 Å². The van der Waals surface area contributed by atoms with Crippen LogP contribution in [0.4, 0.5) is 16.0 Å². The van der Waals surface area contributed by atoms with E-state index in [1.54, 1.807) is 22.7 Å². The van der Waals surface area contributed by atoms with E-state index in [0.29, 0.717) is 42.1 Å². The molecule has 5 rings (SSSR count). The van der Waals surface area contributed by atoms with Gasteiger partial charge in [0.25, 0.3) is 5.78 Å². The number of aromatic amines is 1. The van der Waals surface area contributed by atoms with Crippen molar-refractivity contribution in [3.05, 3.63) is 42.2 Å². The van der Waals surface area contributed by atoms with Gasteiger partial charge in [0, 0.05) is 12.1 Å². The van der Waals surface area contributed by atoms with Gasteiger partial charge in [0.15, 0.2) is 11.5 Å². The molecule has 1 aliphatic heterocycles. The molecule has 0 amide bonds. The van der Waals surface area contributed by atoms with Crippen LogP contribution in [0, 0.1) is 5.82 Å². The minimum atomic E-state index is -0.351. The maximum atomic E-state index is 13.7. The first kappa shape index (κ1) is 13.2. The molecule has 0 saturated heterocycles. The predicted molar refractivity (Wildman–Crippen MR) is 85.5 cm³/mol. The number of halogens is 1. The first-order valence-electron chi connectivity index (χ1n) is 7.47. The molecule has 24 heavy (non-hydrogen) atoms. The standard InChI is InChI=1S/C16H12FN5O2/c17-9-3-1-2-4-10(9)18-15-20-16-19-11-7-13-14(24-6-5-23-13)8-12(11)22(16)21-15/h1-4,7-8H,5-6H2,(H2,18,19,20,21). The fourth-order valence-corrected chi connectivity index (χ4v) is 2.76. The number of hydrogen-bond donors (Lipinski definition) is 2. The number of fused-ring (bicyclic) bond motifs is 4. The van der Waals surface area contributed by atoms with E-state index in [9.17, 15) is 4.39 Å². The topological polar surface area (TPSA) is 76.5 Å². The lowest BCUT2D eigenvalue weighted by Gasteiger charge is -2.17. The average Bonchev–Trinajstić information content (AvgIpc) is 3.12. The SMILES string of the molecule is Fc1ccccc1Nc1nc2nc3cc4c(cc3n2[nH]1)OCCO4. The van der Waals surface area contributed by atoms with E-state index >= 15 is 0 Å². The zero-order chi connectivity index (χ0) is 16.1. The summed E-state index contributed by atoms with van der Waals surface area (Å²) in [4.78, 5) is 8.81. The second-order valence-electron chi connectivity index (χ2n) is 5.41. The summed E-state index contributed by atoms with van der Waals surface area (Å²) in [6, 6.07) is 10.1. The van der Waals surface area contributed by atoms with Gasteiger partial charge >= 0.3 is 0 Å². The van der Waals surface area contributed by atoms with Gasteiger partial charge in [-0.05, 0) is 12.1 Å². The lowest BCUT2D eigenvalue weighted by Crippen LogP contribution is -2.15. The molecule has 0 aliphatic carbocycles. The lowest BCUT2D eigenvalue weighted by molar-refractivity contribution is 0.172. The van der Waals surface area contributed by atoms with Gasteiger partial charge in [0.1, 0.15) is 19.0 Å². The van der Waals surface area contributed by atoms with Crippen LogP contribution < -0.4 is 14.8 Å². The third-order valence-corrected chi connectivity index (χ3v) is 3.86. The summed E-state index contributed by atoms with van der Waals surface area (Å²) in [6.07, 6.45) is 0. The molecule has 2 aromatic heterocycles. The van der Waals surface area contributed by atoms with Crippen molar-refractivity contribution in [2.45, 2.75) is 0 Å². The molecule has 7 nitrogen and oxygen atoms in total. The van der Waals surface area contributed by atoms with Gasteiger partial charge < -0.3 is 14.8 Å². The molecule has 0 radical (unpaired) electrons. The van der Waals surface area contributed by atoms with E-state index in [4.69, 9.17) is 9.47 Å². The third kappa shape index (κ3) is 1.96. The monoisotopic (exact) mass is 325 g/mol. The van der Waals surface area contributed by atoms with Gasteiger partial charge in [0.2, 0.25) is 5.95 Å². The number of aromatic nitrogens is 4. The average molecular weight is 325 g/mol. The van der Waals surface area contributed by atoms with Crippen molar-refractivity contribution in [3.8, 4) is 11.5 Å². The molecule has 120 valence electrons. The largest absolute Gasteiger partial charge is 0.486 e. The number of hydrogen-bond acceptors (Lipinski definition) is 5. The molecule has 1 aliphatic rings. The fourth-order valence-electron chi connectivity index (χ4n) is 2.76. The summed E-state index contributed by atoms with van der Waals surface area (Å²) in [6.45, 7) is 1.04. The number of para-hydroxylation sites is 1. The van der Waals surface area contributed by atoms with Gasteiger partial charge in [-0.2, -0.15) is 4.98 Å². The molecule has 3 heterocycles. The van der Waals surface area contributed by atoms with E-state index in [-0.39, 0.29) is 5.82 Å². The Morgan fingerprint density at radius 2 is 1.88 bits per heavy atom. The van der Waals surface area contributed by atoms with Gasteiger partial charge in [-0.1, -0.05) is 12.1 Å². The zero-order valence-electron chi connectivity index (χ0n) is 12.4. The summed E-state index contributed by atoms with van der Waals surface area (Å²) < 4.78 is 26.6. The second-order valence-corrected chi connectivity index (χ2v) is 5.41. The first-order valence-corrected chi connectivity index (χ1v) is 7.47. The Labute approximate surface area is 135 Å². The molecule has 0 unspecified atom stereocenters. The molecule has 0 atom stereocenters. The zero-order valence-corrected chi connectivity index (χ0v) is 12.4. The summed E-state index contributed by atoms with van der Waals surface area (Å²) in [5.74, 6) is 1.88. The number of nitrogens with zero attached hydrogens (tertiary/aromatic N) is 3. The maximum Gasteiger partial charge on any atom is 0.253 e. The second kappa shape index (κ2) is 4.85. The Hall–Kier alpha value is -3.29. The number of imidazole rings is 1. The number of benzene rings is 2. The number of ether oxygens (including phenoxy) is 2. The van der Waals surface area contributed by atoms with Crippen molar-refractivity contribution in [2.75, 3.05) is 18.5 Å². The highest BCUT2D eigenvalue weighted by atomic mass is 19.1. The molecule has 0 bridgehead atoms. The van der Waals surface area contributed by atoms with Crippen LogP contribution in [-0.4, -0.2) is 32.8 Å². The highest BCUT2D eigenvalue weighted by Gasteiger charge is 2.17. The van der Waals surface area contributed by atoms with Crippen LogP contribution in [0.1, 0.15) is 0 Å². The van der Waals surface area contributed by atoms with Crippen LogP contribution >= 0.6 is 0 Å². The normalized spacial score (nSPS) is 13.5. The summed E-state index contributed by atoms with van der Waals surface area (Å²) >= 11 is 0. The number of rotatable bonds is 2. The fraction of sp³-hybridized carbons (Fsp3) is 0.125. The van der Waals surface area contributed by atoms with E-state index < -0.39 is 0 Å². The van der Waals surface area contributed by atoms with E-state index in [1.165, 1.54) is 6.07 Å². The smallest absolute Gasteiger partial charge is 0.253 e. The predicted octanol–water partition coefficient (Wildman–Crippen LogP) is 2.86. The first-order chi connectivity index (χ1) is 11.8. The summed E-state index contributed by atoms with van der Waals surface area (Å²) in [7, 11) is 0. The molecule has 0 saturated carbocycles. The molecular weight excluding hydrogens is 313 g/mol. The Bertz CT molecular complexity index is 1070. The van der Waals surface area contributed by atoms with E-state index in [2.05, 4.69) is 20.4 Å². The Morgan fingerprint density at radius 3 is 2.71 bits per heavy atom. The van der Waals surface area contributed by atoms with E-state index in [1.807, 2.05) is 12.1 Å². The van der Waals surface area contributed by atoms with Crippen LogP contribution in [0.5, 0.6) is 11.5 Å². The Kier molecular flexibility index (Phi) is 2.66. The van der Waals surface area contributed by atoms with Crippen molar-refractivity contribution in [2.24, 2.45) is 0 Å². The van der Waals surface area contributed by atoms with Crippen molar-refractivity contribution < 1.29 is 13.9 Å². The Balaban J connectivity index is 1.60. The molecule has 2 N–H and O–H groups in total. The van der Waals surface area contributed by atoms with Crippen molar-refractivity contribution in [1.82, 2.24) is 19.6 Å².